The number of quaternary nitrogens is 1. The fourth-order valence-electron chi connectivity index (χ4n) is 2.56. The monoisotopic (exact) mass is 366 g/mol. The van der Waals surface area contributed by atoms with Crippen LogP contribution in [-0.4, -0.2) is 7.05 Å². The van der Waals surface area contributed by atoms with Crippen LogP contribution < -0.4 is 11.1 Å². The molecule has 0 aromatic heterocycles. The van der Waals surface area contributed by atoms with E-state index < -0.39 is 0 Å². The van der Waals surface area contributed by atoms with Gasteiger partial charge in [-0.2, -0.15) is 5.26 Å². The van der Waals surface area contributed by atoms with E-state index in [-0.39, 0.29) is 0 Å². The van der Waals surface area contributed by atoms with Gasteiger partial charge in [0.25, 0.3) is 0 Å². The van der Waals surface area contributed by atoms with E-state index in [1.54, 1.807) is 17.8 Å². The van der Waals surface area contributed by atoms with Crippen molar-refractivity contribution in [3.05, 3.63) is 71.2 Å². The van der Waals surface area contributed by atoms with Crippen LogP contribution in [0.5, 0.6) is 0 Å². The molecule has 4 N–H and O–H groups in total. The third-order valence-electron chi connectivity index (χ3n) is 3.72. The quantitative estimate of drug-likeness (QED) is 0.671. The van der Waals surface area contributed by atoms with Crippen LogP contribution in [0.15, 0.2) is 70.5 Å². The SMILES string of the molecule is C[NH2+]c1cc(N)cc(Sc2cc(Cl)cc(-c3cccc(C#N)c3)c2)c1. The molecule has 3 nitrogen and oxygen atoms in total. The Labute approximate surface area is 156 Å². The van der Waals surface area contributed by atoms with Crippen molar-refractivity contribution in [1.82, 2.24) is 0 Å². The summed E-state index contributed by atoms with van der Waals surface area (Å²) in [6.07, 6.45) is 0. The van der Waals surface area contributed by atoms with Crippen LogP contribution in [0.3, 0.4) is 0 Å². The zero-order valence-corrected chi connectivity index (χ0v) is 15.2. The molecule has 3 aromatic rings. The molecular formula is C20H17ClN3S+. The Morgan fingerprint density at radius 1 is 1.00 bits per heavy atom. The van der Waals surface area contributed by atoms with Gasteiger partial charge in [0.05, 0.1) is 18.7 Å². The molecule has 0 aliphatic rings. The number of anilines is 1. The van der Waals surface area contributed by atoms with Gasteiger partial charge in [-0.05, 0) is 47.5 Å². The van der Waals surface area contributed by atoms with Gasteiger partial charge in [0, 0.05) is 32.6 Å². The fourth-order valence-corrected chi connectivity index (χ4v) is 3.90. The third-order valence-corrected chi connectivity index (χ3v) is 4.88. The van der Waals surface area contributed by atoms with E-state index in [9.17, 15) is 0 Å². The number of halogens is 1. The molecule has 3 aromatic carbocycles. The Kier molecular flexibility index (Phi) is 5.30. The topological polar surface area (TPSA) is 66.4 Å². The summed E-state index contributed by atoms with van der Waals surface area (Å²) >= 11 is 7.94. The number of benzene rings is 3. The molecule has 3 rings (SSSR count). The second-order valence-electron chi connectivity index (χ2n) is 5.59. The normalized spacial score (nSPS) is 10.4. The maximum Gasteiger partial charge on any atom is 0.132 e. The fraction of sp³-hybridized carbons (Fsp3) is 0.0500. The van der Waals surface area contributed by atoms with Crippen molar-refractivity contribution in [2.24, 2.45) is 0 Å². The maximum atomic E-state index is 9.09. The first-order valence-electron chi connectivity index (χ1n) is 7.76. The summed E-state index contributed by atoms with van der Waals surface area (Å²) in [5.41, 5.74) is 10.4. The van der Waals surface area contributed by atoms with Gasteiger partial charge in [-0.15, -0.1) is 0 Å². The molecule has 0 saturated heterocycles. The van der Waals surface area contributed by atoms with Gasteiger partial charge in [-0.1, -0.05) is 35.5 Å². The minimum absolute atomic E-state index is 0.630. The van der Waals surface area contributed by atoms with Crippen molar-refractivity contribution >= 4 is 34.7 Å². The second kappa shape index (κ2) is 7.62. The van der Waals surface area contributed by atoms with Crippen LogP contribution in [0.25, 0.3) is 11.1 Å². The van der Waals surface area contributed by atoms with Gasteiger partial charge < -0.3 is 11.1 Å². The summed E-state index contributed by atoms with van der Waals surface area (Å²) in [7, 11) is 1.99. The summed E-state index contributed by atoms with van der Waals surface area (Å²) < 4.78 is 0. The number of nitriles is 1. The number of nitrogens with two attached hydrogens (primary N) is 2. The van der Waals surface area contributed by atoms with Gasteiger partial charge in [-0.25, -0.2) is 0 Å². The lowest BCUT2D eigenvalue weighted by molar-refractivity contribution is -0.539. The second-order valence-corrected chi connectivity index (χ2v) is 7.18. The molecule has 0 aliphatic heterocycles. The highest BCUT2D eigenvalue weighted by Crippen LogP contribution is 2.35. The molecule has 124 valence electrons. The molecule has 25 heavy (non-hydrogen) atoms. The predicted molar refractivity (Wildman–Crippen MR) is 104 cm³/mol. The Morgan fingerprint density at radius 2 is 1.80 bits per heavy atom. The lowest BCUT2D eigenvalue weighted by Gasteiger charge is -2.09. The minimum Gasteiger partial charge on any atom is -0.399 e. The Hall–Kier alpha value is -2.45. The Bertz CT molecular complexity index is 963. The summed E-state index contributed by atoms with van der Waals surface area (Å²) in [4.78, 5) is 2.09. The average molecular weight is 367 g/mol. The number of rotatable bonds is 4. The molecule has 0 spiro atoms. The molecule has 0 unspecified atom stereocenters. The number of nitrogen functional groups attached to an aromatic ring is 1. The van der Waals surface area contributed by atoms with Gasteiger partial charge >= 0.3 is 0 Å². The average Bonchev–Trinajstić information content (AvgIpc) is 2.60. The smallest absolute Gasteiger partial charge is 0.132 e. The van der Waals surface area contributed by atoms with E-state index in [1.807, 2.05) is 54.8 Å². The molecule has 0 aliphatic carbocycles. The van der Waals surface area contributed by atoms with E-state index in [2.05, 4.69) is 18.2 Å². The summed E-state index contributed by atoms with van der Waals surface area (Å²) in [5, 5.41) is 11.8. The van der Waals surface area contributed by atoms with E-state index in [0.29, 0.717) is 10.6 Å². The van der Waals surface area contributed by atoms with E-state index in [1.165, 1.54) is 0 Å². The van der Waals surface area contributed by atoms with Gasteiger partial charge in [0.2, 0.25) is 0 Å². The summed E-state index contributed by atoms with van der Waals surface area (Å²) in [6.45, 7) is 0. The molecule has 0 bridgehead atoms. The molecule has 0 fully saturated rings. The van der Waals surface area contributed by atoms with Crippen molar-refractivity contribution < 1.29 is 5.32 Å². The molecule has 5 heteroatoms. The van der Waals surface area contributed by atoms with Crippen molar-refractivity contribution in [2.45, 2.75) is 9.79 Å². The van der Waals surface area contributed by atoms with Crippen LogP contribution in [0.2, 0.25) is 5.02 Å². The molecule has 0 saturated carbocycles. The molecule has 0 atom stereocenters. The Morgan fingerprint density at radius 3 is 2.56 bits per heavy atom. The summed E-state index contributed by atoms with van der Waals surface area (Å²) in [6, 6.07) is 21.6. The van der Waals surface area contributed by atoms with Gasteiger partial charge in [0.1, 0.15) is 5.69 Å². The highest BCUT2D eigenvalue weighted by atomic mass is 35.5. The lowest BCUT2D eigenvalue weighted by Crippen LogP contribution is -2.72. The molecule has 0 amide bonds. The maximum absolute atomic E-state index is 9.09. The van der Waals surface area contributed by atoms with Gasteiger partial charge in [0.15, 0.2) is 0 Å². The minimum atomic E-state index is 0.630. The van der Waals surface area contributed by atoms with Crippen LogP contribution in [-0.2, 0) is 0 Å². The van der Waals surface area contributed by atoms with E-state index in [0.717, 1.165) is 32.3 Å². The van der Waals surface area contributed by atoms with Crippen LogP contribution in [0.4, 0.5) is 11.4 Å². The van der Waals surface area contributed by atoms with Crippen LogP contribution >= 0.6 is 23.4 Å². The van der Waals surface area contributed by atoms with Crippen molar-refractivity contribution in [3.63, 3.8) is 0 Å². The predicted octanol–water partition coefficient (Wildman–Crippen LogP) is 4.44. The largest absolute Gasteiger partial charge is 0.399 e. The van der Waals surface area contributed by atoms with Crippen molar-refractivity contribution in [2.75, 3.05) is 12.8 Å². The first-order valence-corrected chi connectivity index (χ1v) is 8.96. The van der Waals surface area contributed by atoms with Gasteiger partial charge in [-0.3, -0.25) is 0 Å². The van der Waals surface area contributed by atoms with Crippen molar-refractivity contribution in [3.8, 4) is 17.2 Å². The molecular weight excluding hydrogens is 350 g/mol. The molecule has 0 radical (unpaired) electrons. The zero-order valence-electron chi connectivity index (χ0n) is 13.7. The Balaban J connectivity index is 1.97. The number of nitrogens with zero attached hydrogens (tertiary/aromatic N) is 1. The highest BCUT2D eigenvalue weighted by molar-refractivity contribution is 7.99. The van der Waals surface area contributed by atoms with Crippen LogP contribution in [0.1, 0.15) is 5.56 Å². The third kappa shape index (κ3) is 4.34. The number of hydrogen-bond donors (Lipinski definition) is 2. The number of hydrogen-bond acceptors (Lipinski definition) is 3. The molecule has 0 heterocycles. The van der Waals surface area contributed by atoms with Crippen LogP contribution in [0, 0.1) is 11.3 Å². The summed E-state index contributed by atoms with van der Waals surface area (Å²) in [5.74, 6) is 0. The lowest BCUT2D eigenvalue weighted by atomic mass is 10.0. The first kappa shape index (κ1) is 17.4. The highest BCUT2D eigenvalue weighted by Gasteiger charge is 2.07. The van der Waals surface area contributed by atoms with E-state index in [4.69, 9.17) is 22.6 Å². The zero-order chi connectivity index (χ0) is 17.8. The first-order chi connectivity index (χ1) is 12.1. The standard InChI is InChI=1S/C20H16ClN3S/c1-24-18-9-17(23)10-20(11-18)25-19-7-15(6-16(21)8-19)14-4-2-3-13(5-14)12-22/h2-11,24H,23H2,1H3/p+1. The van der Waals surface area contributed by atoms with Crippen molar-refractivity contribution in [1.29, 1.82) is 5.26 Å². The van der Waals surface area contributed by atoms with E-state index >= 15 is 0 Å².